The molecule has 1 N–H and O–H groups in total. The van der Waals surface area contributed by atoms with E-state index in [1.165, 1.54) is 5.56 Å². The molecule has 0 bridgehead atoms. The van der Waals surface area contributed by atoms with Gasteiger partial charge in [0.05, 0.1) is 12.2 Å². The minimum atomic E-state index is 0.119. The topological polar surface area (TPSA) is 45.0 Å². The first kappa shape index (κ1) is 14.3. The number of nitriles is 1. The van der Waals surface area contributed by atoms with Crippen LogP contribution in [0.15, 0.2) is 24.3 Å². The van der Waals surface area contributed by atoms with E-state index in [0.717, 1.165) is 37.4 Å². The van der Waals surface area contributed by atoms with Crippen LogP contribution in [0.5, 0.6) is 0 Å². The third kappa shape index (κ3) is 4.21. The van der Waals surface area contributed by atoms with Crippen molar-refractivity contribution in [2.75, 3.05) is 13.2 Å². The van der Waals surface area contributed by atoms with Crippen LogP contribution in [0.25, 0.3) is 0 Å². The van der Waals surface area contributed by atoms with Gasteiger partial charge < -0.3 is 10.1 Å². The van der Waals surface area contributed by atoms with Crippen molar-refractivity contribution in [1.29, 1.82) is 5.26 Å². The number of ether oxygens (including phenoxy) is 1. The molecular formula is C15H19ClN2O. The Kier molecular flexibility index (Phi) is 5.65. The highest BCUT2D eigenvalue weighted by Gasteiger charge is 2.28. The summed E-state index contributed by atoms with van der Waals surface area (Å²) in [6, 6.07) is 10.4. The molecule has 0 radical (unpaired) electrons. The summed E-state index contributed by atoms with van der Waals surface area (Å²) in [5.74, 6) is 0. The molecule has 1 fully saturated rings. The Morgan fingerprint density at radius 1 is 1.32 bits per heavy atom. The highest BCUT2D eigenvalue weighted by atomic mass is 35.5. The number of rotatable bonds is 6. The molecule has 1 heterocycles. The second-order valence-corrected chi connectivity index (χ2v) is 5.24. The molecule has 1 aromatic rings. The van der Waals surface area contributed by atoms with Gasteiger partial charge in [0, 0.05) is 24.1 Å². The number of unbranched alkanes of at least 4 members (excludes halogenated alkanes) is 2. The van der Waals surface area contributed by atoms with Gasteiger partial charge in [-0.25, -0.2) is 0 Å². The van der Waals surface area contributed by atoms with Gasteiger partial charge in [0.2, 0.25) is 0 Å². The summed E-state index contributed by atoms with van der Waals surface area (Å²) in [5, 5.41) is 12.8. The molecule has 102 valence electrons. The fourth-order valence-electron chi connectivity index (χ4n) is 2.40. The maximum Gasteiger partial charge on any atom is 0.0978 e. The lowest BCUT2D eigenvalue weighted by atomic mass is 10.0. The second kappa shape index (κ2) is 7.49. The summed E-state index contributed by atoms with van der Waals surface area (Å²) in [6.07, 6.45) is 3.79. The van der Waals surface area contributed by atoms with E-state index in [0.29, 0.717) is 12.5 Å². The number of halogens is 1. The van der Waals surface area contributed by atoms with Gasteiger partial charge in [-0.05, 0) is 43.5 Å². The zero-order valence-corrected chi connectivity index (χ0v) is 11.7. The zero-order chi connectivity index (χ0) is 13.5. The number of hydrogen-bond donors (Lipinski definition) is 1. The van der Waals surface area contributed by atoms with E-state index in [9.17, 15) is 0 Å². The molecule has 0 aliphatic carbocycles. The average Bonchev–Trinajstić information content (AvgIpc) is 2.88. The van der Waals surface area contributed by atoms with Crippen molar-refractivity contribution < 1.29 is 4.74 Å². The number of benzene rings is 1. The lowest BCUT2D eigenvalue weighted by Gasteiger charge is -2.20. The van der Waals surface area contributed by atoms with Crippen molar-refractivity contribution in [2.24, 2.45) is 0 Å². The predicted molar refractivity (Wildman–Crippen MR) is 76.0 cm³/mol. The third-order valence-electron chi connectivity index (χ3n) is 3.41. The predicted octanol–water partition coefficient (Wildman–Crippen LogP) is 3.45. The van der Waals surface area contributed by atoms with Crippen LogP contribution in [0.1, 0.15) is 37.4 Å². The molecule has 0 saturated carbocycles. The molecule has 0 spiro atoms. The van der Waals surface area contributed by atoms with Crippen molar-refractivity contribution in [2.45, 2.75) is 37.8 Å². The molecule has 3 nitrogen and oxygen atoms in total. The Labute approximate surface area is 119 Å². The van der Waals surface area contributed by atoms with Gasteiger partial charge in [0.15, 0.2) is 0 Å². The number of nitrogens with zero attached hydrogens (tertiary/aromatic N) is 1. The van der Waals surface area contributed by atoms with Gasteiger partial charge in [-0.2, -0.15) is 5.26 Å². The molecular weight excluding hydrogens is 260 g/mol. The Morgan fingerprint density at radius 2 is 2.11 bits per heavy atom. The maximum absolute atomic E-state index is 8.49. The van der Waals surface area contributed by atoms with Crippen LogP contribution in [0.2, 0.25) is 5.02 Å². The fraction of sp³-hybridized carbons (Fsp3) is 0.533. The molecule has 2 rings (SSSR count). The summed E-state index contributed by atoms with van der Waals surface area (Å²) < 4.78 is 5.81. The Morgan fingerprint density at radius 3 is 2.84 bits per heavy atom. The summed E-state index contributed by atoms with van der Waals surface area (Å²) in [7, 11) is 0. The van der Waals surface area contributed by atoms with Crippen LogP contribution in [0, 0.1) is 11.3 Å². The lowest BCUT2D eigenvalue weighted by molar-refractivity contribution is 0.0987. The summed E-state index contributed by atoms with van der Waals surface area (Å²) in [4.78, 5) is 0. The number of hydrogen-bond acceptors (Lipinski definition) is 3. The summed E-state index contributed by atoms with van der Waals surface area (Å²) in [6.45, 7) is 1.74. The van der Waals surface area contributed by atoms with E-state index in [1.807, 2.05) is 24.3 Å². The molecule has 4 heteroatoms. The van der Waals surface area contributed by atoms with E-state index in [1.54, 1.807) is 0 Å². The van der Waals surface area contributed by atoms with Gasteiger partial charge in [-0.1, -0.05) is 23.7 Å². The van der Waals surface area contributed by atoms with E-state index in [-0.39, 0.29) is 6.10 Å². The Hall–Kier alpha value is -1.08. The first-order valence-corrected chi connectivity index (χ1v) is 7.16. The summed E-state index contributed by atoms with van der Waals surface area (Å²) >= 11 is 5.90. The van der Waals surface area contributed by atoms with Crippen LogP contribution in [-0.2, 0) is 4.74 Å². The second-order valence-electron chi connectivity index (χ2n) is 4.81. The minimum Gasteiger partial charge on any atom is -0.372 e. The Bertz CT molecular complexity index is 427. The van der Waals surface area contributed by atoms with E-state index in [4.69, 9.17) is 21.6 Å². The molecule has 1 saturated heterocycles. The van der Waals surface area contributed by atoms with Crippen LogP contribution >= 0.6 is 11.6 Å². The fourth-order valence-corrected chi connectivity index (χ4v) is 2.52. The van der Waals surface area contributed by atoms with Crippen LogP contribution in [-0.4, -0.2) is 19.2 Å². The van der Waals surface area contributed by atoms with Crippen molar-refractivity contribution in [1.82, 2.24) is 5.32 Å². The first-order valence-electron chi connectivity index (χ1n) is 6.78. The Balaban J connectivity index is 1.83. The molecule has 0 aromatic heterocycles. The normalized spacial score (nSPS) is 22.3. The maximum atomic E-state index is 8.49. The average molecular weight is 279 g/mol. The van der Waals surface area contributed by atoms with Gasteiger partial charge >= 0.3 is 0 Å². The van der Waals surface area contributed by atoms with Gasteiger partial charge in [0.25, 0.3) is 0 Å². The first-order chi connectivity index (χ1) is 9.31. The van der Waals surface area contributed by atoms with Crippen LogP contribution in [0.4, 0.5) is 0 Å². The quantitative estimate of drug-likeness (QED) is 0.811. The smallest absolute Gasteiger partial charge is 0.0978 e. The monoisotopic (exact) mass is 278 g/mol. The van der Waals surface area contributed by atoms with Crippen molar-refractivity contribution >= 4 is 11.6 Å². The molecule has 0 amide bonds. The molecule has 19 heavy (non-hydrogen) atoms. The summed E-state index contributed by atoms with van der Waals surface area (Å²) in [5.41, 5.74) is 1.18. The van der Waals surface area contributed by atoms with Crippen LogP contribution in [0.3, 0.4) is 0 Å². The standard InChI is InChI=1S/C15H19ClN2O/c16-13-6-4-12(5-7-13)15-14(8-11-19-15)18-10-3-1-2-9-17/h4-7,14-15,18H,1-3,8,10-11H2. The minimum absolute atomic E-state index is 0.119. The van der Waals surface area contributed by atoms with Gasteiger partial charge in [-0.15, -0.1) is 0 Å². The van der Waals surface area contributed by atoms with Gasteiger partial charge in [0.1, 0.15) is 0 Å². The van der Waals surface area contributed by atoms with Crippen LogP contribution < -0.4 is 5.32 Å². The molecule has 1 aromatic carbocycles. The van der Waals surface area contributed by atoms with Crippen molar-refractivity contribution in [3.8, 4) is 6.07 Å². The van der Waals surface area contributed by atoms with E-state index < -0.39 is 0 Å². The zero-order valence-electron chi connectivity index (χ0n) is 10.9. The number of nitrogens with one attached hydrogen (secondary N) is 1. The molecule has 2 atom stereocenters. The van der Waals surface area contributed by atoms with Crippen molar-refractivity contribution in [3.63, 3.8) is 0 Å². The lowest BCUT2D eigenvalue weighted by Crippen LogP contribution is -2.32. The molecule has 1 aliphatic rings. The van der Waals surface area contributed by atoms with E-state index in [2.05, 4.69) is 11.4 Å². The largest absolute Gasteiger partial charge is 0.372 e. The van der Waals surface area contributed by atoms with E-state index >= 15 is 0 Å². The molecule has 1 aliphatic heterocycles. The van der Waals surface area contributed by atoms with Gasteiger partial charge in [-0.3, -0.25) is 0 Å². The SMILES string of the molecule is N#CCCCCNC1CCOC1c1ccc(Cl)cc1. The molecule has 2 unspecified atom stereocenters. The third-order valence-corrected chi connectivity index (χ3v) is 3.66. The highest BCUT2D eigenvalue weighted by molar-refractivity contribution is 6.30. The highest BCUT2D eigenvalue weighted by Crippen LogP contribution is 2.29. The van der Waals surface area contributed by atoms with Crippen molar-refractivity contribution in [3.05, 3.63) is 34.9 Å².